The van der Waals surface area contributed by atoms with E-state index in [0.717, 1.165) is 22.2 Å². The van der Waals surface area contributed by atoms with Gasteiger partial charge in [-0.3, -0.25) is 0 Å². The van der Waals surface area contributed by atoms with Gasteiger partial charge in [0.05, 0.1) is 10.9 Å². The molecule has 20 heavy (non-hydrogen) atoms. The van der Waals surface area contributed by atoms with Gasteiger partial charge in [0.25, 0.3) is 0 Å². The number of rotatable bonds is 3. The van der Waals surface area contributed by atoms with Crippen LogP contribution in [0.3, 0.4) is 0 Å². The summed E-state index contributed by atoms with van der Waals surface area (Å²) in [5.41, 5.74) is 1.05. The molecular weight excluding hydrogens is 353 g/mol. The number of hydrogen-bond donors (Lipinski definition) is 0. The van der Waals surface area contributed by atoms with E-state index in [1.807, 2.05) is 24.3 Å². The average Bonchev–Trinajstić information content (AvgIpc) is 2.38. The predicted octanol–water partition coefficient (Wildman–Crippen LogP) is 5.99. The Bertz CT molecular complexity index is 578. The van der Waals surface area contributed by atoms with Crippen LogP contribution in [-0.4, -0.2) is 0 Å². The molecule has 2 aromatic rings. The van der Waals surface area contributed by atoms with Crippen molar-refractivity contribution in [3.63, 3.8) is 0 Å². The molecular formula is C15H11BrClF3. The Labute approximate surface area is 128 Å². The molecule has 0 aliphatic heterocycles. The van der Waals surface area contributed by atoms with Crippen LogP contribution in [0.2, 0.25) is 0 Å². The van der Waals surface area contributed by atoms with Gasteiger partial charge < -0.3 is 0 Å². The zero-order valence-corrected chi connectivity index (χ0v) is 12.6. The average molecular weight is 364 g/mol. The van der Waals surface area contributed by atoms with Crippen molar-refractivity contribution in [1.82, 2.24) is 0 Å². The Kier molecular flexibility index (Phi) is 4.76. The molecule has 0 spiro atoms. The summed E-state index contributed by atoms with van der Waals surface area (Å²) in [6, 6.07) is 12.7. The van der Waals surface area contributed by atoms with Crippen LogP contribution >= 0.6 is 27.5 Å². The van der Waals surface area contributed by atoms with Gasteiger partial charge in [-0.2, -0.15) is 13.2 Å². The lowest BCUT2D eigenvalue weighted by Crippen LogP contribution is -2.05. The lowest BCUT2D eigenvalue weighted by Gasteiger charge is -2.12. The molecule has 0 aliphatic rings. The van der Waals surface area contributed by atoms with Crippen molar-refractivity contribution in [2.45, 2.75) is 18.0 Å². The second-order valence-electron chi connectivity index (χ2n) is 4.42. The molecule has 5 heteroatoms. The summed E-state index contributed by atoms with van der Waals surface area (Å²) in [5.74, 6) is 0. The normalized spacial score (nSPS) is 13.2. The van der Waals surface area contributed by atoms with E-state index in [9.17, 15) is 13.2 Å². The van der Waals surface area contributed by atoms with Crippen LogP contribution in [0.5, 0.6) is 0 Å². The van der Waals surface area contributed by atoms with E-state index < -0.39 is 11.7 Å². The molecule has 0 heterocycles. The number of halogens is 5. The highest BCUT2D eigenvalue weighted by Crippen LogP contribution is 2.32. The zero-order chi connectivity index (χ0) is 14.8. The van der Waals surface area contributed by atoms with Crippen LogP contribution in [0, 0.1) is 0 Å². The van der Waals surface area contributed by atoms with Crippen LogP contribution in [0.15, 0.2) is 53.0 Å². The van der Waals surface area contributed by atoms with E-state index in [-0.39, 0.29) is 5.38 Å². The molecule has 106 valence electrons. The fraction of sp³-hybridized carbons (Fsp3) is 0.200. The van der Waals surface area contributed by atoms with Crippen molar-refractivity contribution in [3.05, 3.63) is 69.7 Å². The third-order valence-corrected chi connectivity index (χ3v) is 3.80. The lowest BCUT2D eigenvalue weighted by atomic mass is 10.0. The Morgan fingerprint density at radius 2 is 1.70 bits per heavy atom. The summed E-state index contributed by atoms with van der Waals surface area (Å²) < 4.78 is 38.4. The monoisotopic (exact) mass is 362 g/mol. The first-order chi connectivity index (χ1) is 9.36. The highest BCUT2D eigenvalue weighted by atomic mass is 79.9. The second kappa shape index (κ2) is 6.19. The van der Waals surface area contributed by atoms with Crippen molar-refractivity contribution in [1.29, 1.82) is 0 Å². The fourth-order valence-electron chi connectivity index (χ4n) is 1.87. The summed E-state index contributed by atoms with van der Waals surface area (Å²) in [7, 11) is 0. The number of benzene rings is 2. The van der Waals surface area contributed by atoms with Crippen LogP contribution in [0.1, 0.15) is 22.1 Å². The molecule has 0 saturated carbocycles. The third kappa shape index (κ3) is 4.00. The number of hydrogen-bond acceptors (Lipinski definition) is 0. The fourth-order valence-corrected chi connectivity index (χ4v) is 2.64. The van der Waals surface area contributed by atoms with Crippen molar-refractivity contribution < 1.29 is 13.2 Å². The minimum Gasteiger partial charge on any atom is -0.166 e. The summed E-state index contributed by atoms with van der Waals surface area (Å²) in [5, 5.41) is -0.355. The minimum atomic E-state index is -4.31. The molecule has 2 aromatic carbocycles. The molecule has 0 aliphatic carbocycles. The van der Waals surface area contributed by atoms with Crippen molar-refractivity contribution >= 4 is 27.5 Å². The minimum absolute atomic E-state index is 0.355. The SMILES string of the molecule is FC(F)(F)c1ccc(C(Cl)Cc2cccc(Br)c2)cc1. The molecule has 0 aromatic heterocycles. The quantitative estimate of drug-likeness (QED) is 0.588. The van der Waals surface area contributed by atoms with Crippen LogP contribution in [-0.2, 0) is 12.6 Å². The smallest absolute Gasteiger partial charge is 0.166 e. The zero-order valence-electron chi connectivity index (χ0n) is 10.3. The van der Waals surface area contributed by atoms with Crippen molar-refractivity contribution in [2.24, 2.45) is 0 Å². The van der Waals surface area contributed by atoms with Crippen molar-refractivity contribution in [2.75, 3.05) is 0 Å². The molecule has 0 saturated heterocycles. The molecule has 0 radical (unpaired) electrons. The summed E-state index contributed by atoms with van der Waals surface area (Å²) in [6.45, 7) is 0. The van der Waals surface area contributed by atoms with E-state index in [2.05, 4.69) is 15.9 Å². The standard InChI is InChI=1S/C15H11BrClF3/c16-13-3-1-2-10(8-13)9-14(17)11-4-6-12(7-5-11)15(18,19)20/h1-8,14H,9H2. The molecule has 1 unspecified atom stereocenters. The Morgan fingerprint density at radius 1 is 1.05 bits per heavy atom. The van der Waals surface area contributed by atoms with Crippen molar-refractivity contribution in [3.8, 4) is 0 Å². The van der Waals surface area contributed by atoms with E-state index >= 15 is 0 Å². The van der Waals surface area contributed by atoms with E-state index in [1.54, 1.807) is 0 Å². The summed E-state index contributed by atoms with van der Waals surface area (Å²) in [4.78, 5) is 0. The maximum atomic E-state index is 12.5. The Morgan fingerprint density at radius 3 is 2.25 bits per heavy atom. The first-order valence-corrected chi connectivity index (χ1v) is 7.15. The molecule has 0 N–H and O–H groups in total. The molecule has 0 nitrogen and oxygen atoms in total. The van der Waals surface area contributed by atoms with Crippen LogP contribution in [0.25, 0.3) is 0 Å². The molecule has 0 fully saturated rings. The van der Waals surface area contributed by atoms with E-state index in [1.165, 1.54) is 12.1 Å². The van der Waals surface area contributed by atoms with E-state index in [0.29, 0.717) is 12.0 Å². The highest BCUT2D eigenvalue weighted by Gasteiger charge is 2.30. The molecule has 0 bridgehead atoms. The second-order valence-corrected chi connectivity index (χ2v) is 5.86. The largest absolute Gasteiger partial charge is 0.416 e. The first-order valence-electron chi connectivity index (χ1n) is 5.92. The van der Waals surface area contributed by atoms with Crippen LogP contribution < -0.4 is 0 Å². The third-order valence-electron chi connectivity index (χ3n) is 2.90. The van der Waals surface area contributed by atoms with E-state index in [4.69, 9.17) is 11.6 Å². The lowest BCUT2D eigenvalue weighted by molar-refractivity contribution is -0.137. The van der Waals surface area contributed by atoms with Gasteiger partial charge in [-0.15, -0.1) is 11.6 Å². The molecule has 1 atom stereocenters. The van der Waals surface area contributed by atoms with Gasteiger partial charge in [0.2, 0.25) is 0 Å². The first kappa shape index (κ1) is 15.4. The topological polar surface area (TPSA) is 0 Å². The maximum absolute atomic E-state index is 12.5. The highest BCUT2D eigenvalue weighted by molar-refractivity contribution is 9.10. The molecule has 2 rings (SSSR count). The van der Waals surface area contributed by atoms with Gasteiger partial charge in [0.15, 0.2) is 0 Å². The van der Waals surface area contributed by atoms with Gasteiger partial charge in [-0.05, 0) is 41.8 Å². The van der Waals surface area contributed by atoms with Gasteiger partial charge in [0, 0.05) is 4.47 Å². The predicted molar refractivity (Wildman–Crippen MR) is 77.9 cm³/mol. The van der Waals surface area contributed by atoms with Gasteiger partial charge in [-0.25, -0.2) is 0 Å². The van der Waals surface area contributed by atoms with Gasteiger partial charge >= 0.3 is 6.18 Å². The Balaban J connectivity index is 2.11. The Hall–Kier alpha value is -1.00. The summed E-state index contributed by atoms with van der Waals surface area (Å²) in [6.07, 6.45) is -3.75. The maximum Gasteiger partial charge on any atom is 0.416 e. The van der Waals surface area contributed by atoms with Gasteiger partial charge in [-0.1, -0.05) is 40.2 Å². The van der Waals surface area contributed by atoms with Crippen LogP contribution in [0.4, 0.5) is 13.2 Å². The van der Waals surface area contributed by atoms with Gasteiger partial charge in [0.1, 0.15) is 0 Å². The number of alkyl halides is 4. The molecule has 0 amide bonds. The summed E-state index contributed by atoms with van der Waals surface area (Å²) >= 11 is 9.63.